The number of methoxy groups -OCH3 is 1. The van der Waals surface area contributed by atoms with Crippen molar-refractivity contribution < 1.29 is 9.13 Å². The zero-order chi connectivity index (χ0) is 21.8. The van der Waals surface area contributed by atoms with E-state index in [1.807, 2.05) is 24.3 Å². The molecule has 3 aromatic rings. The predicted molar refractivity (Wildman–Crippen MR) is 131 cm³/mol. The van der Waals surface area contributed by atoms with Gasteiger partial charge < -0.3 is 4.74 Å². The van der Waals surface area contributed by atoms with Gasteiger partial charge in [-0.2, -0.15) is 11.8 Å². The third kappa shape index (κ3) is 5.06. The summed E-state index contributed by atoms with van der Waals surface area (Å²) in [6.07, 6.45) is 6.83. The first-order chi connectivity index (χ1) is 15.1. The molecule has 1 aliphatic rings. The minimum Gasteiger partial charge on any atom is -0.481 e. The van der Waals surface area contributed by atoms with Gasteiger partial charge in [-0.1, -0.05) is 63.4 Å². The number of fused-ring (bicyclic) bond motifs is 1. The van der Waals surface area contributed by atoms with E-state index in [4.69, 9.17) is 9.72 Å². The summed E-state index contributed by atoms with van der Waals surface area (Å²) in [4.78, 5) is 4.84. The van der Waals surface area contributed by atoms with Crippen LogP contribution in [0.4, 0.5) is 4.39 Å². The highest BCUT2D eigenvalue weighted by Gasteiger charge is 2.24. The Balaban J connectivity index is 1.61. The Hall–Kier alpha value is -2.07. The van der Waals surface area contributed by atoms with Crippen LogP contribution in [-0.4, -0.2) is 23.1 Å². The first-order valence-corrected chi connectivity index (χ1v) is 12.5. The van der Waals surface area contributed by atoms with Crippen LogP contribution in [0.2, 0.25) is 0 Å². The van der Waals surface area contributed by atoms with Gasteiger partial charge in [0, 0.05) is 33.4 Å². The van der Waals surface area contributed by atoms with E-state index < -0.39 is 0 Å². The van der Waals surface area contributed by atoms with E-state index in [9.17, 15) is 4.39 Å². The van der Waals surface area contributed by atoms with Crippen LogP contribution in [0, 0.1) is 11.7 Å². The third-order valence-electron chi connectivity index (χ3n) is 6.48. The Labute approximate surface area is 189 Å². The SMILES string of the molecule is COc1nc(-c2ccc3cccc(F)c3c2)ccc1C(CSC1CCCCC1)C(C)C. The summed E-state index contributed by atoms with van der Waals surface area (Å²) >= 11 is 2.13. The average molecular weight is 438 g/mol. The molecule has 1 aromatic heterocycles. The van der Waals surface area contributed by atoms with Crippen molar-refractivity contribution in [2.75, 3.05) is 12.9 Å². The first kappa shape index (κ1) is 22.1. The van der Waals surface area contributed by atoms with Crippen LogP contribution in [0.25, 0.3) is 22.0 Å². The van der Waals surface area contributed by atoms with Gasteiger partial charge in [0.1, 0.15) is 5.82 Å². The standard InChI is InChI=1S/C27H32FNOS/c1-18(2)24(17-31-21-9-5-4-6-10-21)22-14-15-26(29-27(22)30-3)20-13-12-19-8-7-11-25(28)23(19)16-20/h7-8,11-16,18,21,24H,4-6,9-10,17H2,1-3H3. The number of pyridine rings is 1. The second-order valence-corrected chi connectivity index (χ2v) is 10.2. The van der Waals surface area contributed by atoms with Gasteiger partial charge in [0.2, 0.25) is 5.88 Å². The second kappa shape index (κ2) is 10.0. The molecule has 2 aromatic carbocycles. The van der Waals surface area contributed by atoms with Crippen LogP contribution in [0.1, 0.15) is 57.4 Å². The summed E-state index contributed by atoms with van der Waals surface area (Å²) in [5, 5.41) is 2.31. The normalized spacial score (nSPS) is 16.0. The van der Waals surface area contributed by atoms with Gasteiger partial charge in [0.05, 0.1) is 12.8 Å². The van der Waals surface area contributed by atoms with E-state index in [1.54, 1.807) is 13.2 Å². The van der Waals surface area contributed by atoms with Crippen molar-refractivity contribution in [1.82, 2.24) is 4.98 Å². The molecule has 0 bridgehead atoms. The van der Waals surface area contributed by atoms with E-state index in [1.165, 1.54) is 43.7 Å². The lowest BCUT2D eigenvalue weighted by atomic mass is 9.90. The number of nitrogens with zero attached hydrogens (tertiary/aromatic N) is 1. The van der Waals surface area contributed by atoms with Crippen molar-refractivity contribution in [2.45, 2.75) is 57.1 Å². The molecule has 0 N–H and O–H groups in total. The Morgan fingerprint density at radius 3 is 2.61 bits per heavy atom. The summed E-state index contributed by atoms with van der Waals surface area (Å²) < 4.78 is 20.0. The fraction of sp³-hybridized carbons (Fsp3) is 0.444. The molecule has 0 radical (unpaired) electrons. The molecule has 0 aliphatic heterocycles. The first-order valence-electron chi connectivity index (χ1n) is 11.4. The Morgan fingerprint density at radius 1 is 1.06 bits per heavy atom. The summed E-state index contributed by atoms with van der Waals surface area (Å²) in [7, 11) is 1.70. The van der Waals surface area contributed by atoms with Gasteiger partial charge in [0.15, 0.2) is 0 Å². The van der Waals surface area contributed by atoms with E-state index in [2.05, 4.69) is 37.7 Å². The maximum atomic E-state index is 14.3. The topological polar surface area (TPSA) is 22.1 Å². The second-order valence-electron chi connectivity index (χ2n) is 8.91. The van der Waals surface area contributed by atoms with Crippen molar-refractivity contribution in [3.8, 4) is 17.1 Å². The molecule has 0 spiro atoms. The number of hydrogen-bond donors (Lipinski definition) is 0. The monoisotopic (exact) mass is 437 g/mol. The predicted octanol–water partition coefficient (Wildman–Crippen LogP) is 7.86. The van der Waals surface area contributed by atoms with E-state index in [-0.39, 0.29) is 5.82 Å². The molecule has 1 unspecified atom stereocenters. The van der Waals surface area contributed by atoms with E-state index in [0.717, 1.165) is 27.6 Å². The zero-order valence-electron chi connectivity index (χ0n) is 18.7. The molecule has 0 saturated heterocycles. The molecular formula is C27H32FNOS. The molecule has 1 fully saturated rings. The smallest absolute Gasteiger partial charge is 0.217 e. The molecule has 164 valence electrons. The van der Waals surface area contributed by atoms with Crippen LogP contribution in [0.5, 0.6) is 5.88 Å². The van der Waals surface area contributed by atoms with Gasteiger partial charge in [-0.25, -0.2) is 9.37 Å². The van der Waals surface area contributed by atoms with Gasteiger partial charge in [-0.3, -0.25) is 0 Å². The van der Waals surface area contributed by atoms with Crippen molar-refractivity contribution in [1.29, 1.82) is 0 Å². The molecule has 1 heterocycles. The van der Waals surface area contributed by atoms with Crippen molar-refractivity contribution in [2.24, 2.45) is 5.92 Å². The minimum atomic E-state index is -0.206. The summed E-state index contributed by atoms with van der Waals surface area (Å²) in [6.45, 7) is 4.57. The van der Waals surface area contributed by atoms with Crippen LogP contribution in [0.15, 0.2) is 48.5 Å². The van der Waals surface area contributed by atoms with Crippen molar-refractivity contribution >= 4 is 22.5 Å². The molecule has 2 nitrogen and oxygen atoms in total. The molecule has 1 atom stereocenters. The molecular weight excluding hydrogens is 405 g/mol. The fourth-order valence-corrected chi connectivity index (χ4v) is 6.28. The largest absolute Gasteiger partial charge is 0.481 e. The maximum Gasteiger partial charge on any atom is 0.217 e. The lowest BCUT2D eigenvalue weighted by Gasteiger charge is -2.27. The lowest BCUT2D eigenvalue weighted by Crippen LogP contribution is -2.16. The van der Waals surface area contributed by atoms with Gasteiger partial charge in [-0.05, 0) is 42.3 Å². The summed E-state index contributed by atoms with van der Waals surface area (Å²) in [6, 6.07) is 15.2. The summed E-state index contributed by atoms with van der Waals surface area (Å²) in [5.74, 6) is 2.49. The number of aromatic nitrogens is 1. The number of benzene rings is 2. The number of thioether (sulfide) groups is 1. The zero-order valence-corrected chi connectivity index (χ0v) is 19.6. The van der Waals surface area contributed by atoms with E-state index >= 15 is 0 Å². The number of halogens is 1. The summed E-state index contributed by atoms with van der Waals surface area (Å²) in [5.41, 5.74) is 2.89. The van der Waals surface area contributed by atoms with Gasteiger partial charge >= 0.3 is 0 Å². The van der Waals surface area contributed by atoms with E-state index in [0.29, 0.717) is 23.1 Å². The highest BCUT2D eigenvalue weighted by Crippen LogP contribution is 2.38. The van der Waals surface area contributed by atoms with Gasteiger partial charge in [-0.15, -0.1) is 0 Å². The Bertz CT molecular complexity index is 1030. The van der Waals surface area contributed by atoms with Gasteiger partial charge in [0.25, 0.3) is 0 Å². The quantitative estimate of drug-likeness (QED) is 0.376. The molecule has 4 rings (SSSR count). The van der Waals surface area contributed by atoms with Crippen molar-refractivity contribution in [3.63, 3.8) is 0 Å². The van der Waals surface area contributed by atoms with Crippen molar-refractivity contribution in [3.05, 3.63) is 59.9 Å². The van der Waals surface area contributed by atoms with Crippen LogP contribution in [0.3, 0.4) is 0 Å². The maximum absolute atomic E-state index is 14.3. The highest BCUT2D eigenvalue weighted by molar-refractivity contribution is 7.99. The number of rotatable bonds is 7. The lowest BCUT2D eigenvalue weighted by molar-refractivity contribution is 0.383. The Kier molecular flexibility index (Phi) is 7.16. The average Bonchev–Trinajstić information content (AvgIpc) is 2.80. The fourth-order valence-electron chi connectivity index (χ4n) is 4.56. The molecule has 31 heavy (non-hydrogen) atoms. The highest BCUT2D eigenvalue weighted by atomic mass is 32.2. The van der Waals surface area contributed by atoms with Crippen LogP contribution in [-0.2, 0) is 0 Å². The minimum absolute atomic E-state index is 0.206. The molecule has 1 aliphatic carbocycles. The van der Waals surface area contributed by atoms with Crippen LogP contribution < -0.4 is 4.74 Å². The Morgan fingerprint density at radius 2 is 1.87 bits per heavy atom. The molecule has 4 heteroatoms. The third-order valence-corrected chi connectivity index (χ3v) is 7.97. The van der Waals surface area contributed by atoms with Crippen LogP contribution >= 0.6 is 11.8 Å². The number of hydrogen-bond acceptors (Lipinski definition) is 3. The number of ether oxygens (including phenoxy) is 1. The molecule has 1 saturated carbocycles. The molecule has 0 amide bonds.